The third kappa shape index (κ3) is 9.09. The molecule has 0 radical (unpaired) electrons. The van der Waals surface area contributed by atoms with Gasteiger partial charge in [-0.15, -0.1) is 0 Å². The van der Waals surface area contributed by atoms with Gasteiger partial charge < -0.3 is 5.11 Å². The first kappa shape index (κ1) is 13.8. The van der Waals surface area contributed by atoms with E-state index in [1.807, 2.05) is 0 Å². The summed E-state index contributed by atoms with van der Waals surface area (Å²) in [6.45, 7) is 2.15. The molecule has 0 aromatic carbocycles. The standard InChI is InChI=1S/C10H19N3O2/c1-2-3-4-5-6-7-9(12-13-11)8-10(14)15/h9H,2-8H2,1H3,(H,14,15). The molecule has 0 spiro atoms. The number of rotatable bonds is 9. The SMILES string of the molecule is CCCCCCCC(CC(=O)O)N=[N+]=[N-]. The van der Waals surface area contributed by atoms with E-state index in [1.165, 1.54) is 19.3 Å². The summed E-state index contributed by atoms with van der Waals surface area (Å²) in [6.07, 6.45) is 6.23. The monoisotopic (exact) mass is 213 g/mol. The Morgan fingerprint density at radius 3 is 2.60 bits per heavy atom. The van der Waals surface area contributed by atoms with Gasteiger partial charge >= 0.3 is 5.97 Å². The first-order valence-electron chi connectivity index (χ1n) is 5.46. The van der Waals surface area contributed by atoms with E-state index in [1.54, 1.807) is 0 Å². The smallest absolute Gasteiger partial charge is 0.303 e. The number of carboxylic acids is 1. The van der Waals surface area contributed by atoms with Crippen LogP contribution in [0.3, 0.4) is 0 Å². The van der Waals surface area contributed by atoms with Gasteiger partial charge in [-0.3, -0.25) is 4.79 Å². The third-order valence-corrected chi connectivity index (χ3v) is 2.27. The van der Waals surface area contributed by atoms with Gasteiger partial charge in [0.1, 0.15) is 0 Å². The minimum atomic E-state index is -0.902. The van der Waals surface area contributed by atoms with Gasteiger partial charge in [0.2, 0.25) is 0 Å². The van der Waals surface area contributed by atoms with Crippen molar-refractivity contribution < 1.29 is 9.90 Å². The summed E-state index contributed by atoms with van der Waals surface area (Å²) in [5, 5.41) is 12.0. The van der Waals surface area contributed by atoms with E-state index in [2.05, 4.69) is 16.9 Å². The molecule has 0 saturated heterocycles. The Bertz CT molecular complexity index is 225. The summed E-state index contributed by atoms with van der Waals surface area (Å²) in [4.78, 5) is 13.1. The Hall–Kier alpha value is -1.22. The highest BCUT2D eigenvalue weighted by atomic mass is 16.4. The number of nitrogens with zero attached hydrogens (tertiary/aromatic N) is 3. The molecule has 1 atom stereocenters. The number of hydrogen-bond donors (Lipinski definition) is 1. The average Bonchev–Trinajstić information content (AvgIpc) is 2.17. The summed E-state index contributed by atoms with van der Waals surface area (Å²) in [5.41, 5.74) is 8.26. The summed E-state index contributed by atoms with van der Waals surface area (Å²) >= 11 is 0. The number of azide groups is 1. The van der Waals surface area contributed by atoms with Crippen molar-refractivity contribution in [2.45, 2.75) is 57.9 Å². The van der Waals surface area contributed by atoms with Crippen LogP contribution in [0.5, 0.6) is 0 Å². The zero-order valence-corrected chi connectivity index (χ0v) is 9.22. The number of aliphatic carboxylic acids is 1. The van der Waals surface area contributed by atoms with E-state index in [9.17, 15) is 4.79 Å². The topological polar surface area (TPSA) is 86.1 Å². The van der Waals surface area contributed by atoms with Crippen LogP contribution < -0.4 is 0 Å². The van der Waals surface area contributed by atoms with Crippen LogP contribution in [-0.2, 0) is 4.79 Å². The maximum absolute atomic E-state index is 10.4. The Labute approximate surface area is 90.1 Å². The van der Waals surface area contributed by atoms with Gasteiger partial charge in [0.15, 0.2) is 0 Å². The number of carboxylic acid groups (broad SMARTS) is 1. The summed E-state index contributed by atoms with van der Waals surface area (Å²) < 4.78 is 0. The Balaban J connectivity index is 3.66. The lowest BCUT2D eigenvalue weighted by Crippen LogP contribution is -2.10. The minimum Gasteiger partial charge on any atom is -0.481 e. The quantitative estimate of drug-likeness (QED) is 0.275. The predicted octanol–water partition coefficient (Wildman–Crippen LogP) is 3.50. The Kier molecular flexibility index (Phi) is 8.58. The maximum atomic E-state index is 10.4. The molecule has 1 N–H and O–H groups in total. The van der Waals surface area contributed by atoms with E-state index in [0.717, 1.165) is 12.8 Å². The average molecular weight is 213 g/mol. The molecule has 0 rings (SSSR count). The van der Waals surface area contributed by atoms with Gasteiger partial charge in [-0.25, -0.2) is 0 Å². The zero-order chi connectivity index (χ0) is 11.5. The second kappa shape index (κ2) is 9.34. The molecule has 5 nitrogen and oxygen atoms in total. The van der Waals surface area contributed by atoms with E-state index in [-0.39, 0.29) is 12.5 Å². The van der Waals surface area contributed by atoms with Gasteiger partial charge in [0.25, 0.3) is 0 Å². The number of hydrogen-bond acceptors (Lipinski definition) is 2. The Morgan fingerprint density at radius 2 is 2.07 bits per heavy atom. The fourth-order valence-corrected chi connectivity index (χ4v) is 1.46. The van der Waals surface area contributed by atoms with Crippen LogP contribution in [0, 0.1) is 0 Å². The normalized spacial score (nSPS) is 11.8. The van der Waals surface area contributed by atoms with Crippen molar-refractivity contribution in [3.05, 3.63) is 10.4 Å². The van der Waals surface area contributed by atoms with Gasteiger partial charge in [0, 0.05) is 11.0 Å². The second-order valence-electron chi connectivity index (χ2n) is 3.66. The molecule has 0 saturated carbocycles. The van der Waals surface area contributed by atoms with Crippen molar-refractivity contribution in [2.75, 3.05) is 0 Å². The molecule has 5 heteroatoms. The largest absolute Gasteiger partial charge is 0.481 e. The fourth-order valence-electron chi connectivity index (χ4n) is 1.46. The lowest BCUT2D eigenvalue weighted by molar-refractivity contribution is -0.137. The van der Waals surface area contributed by atoms with E-state index >= 15 is 0 Å². The maximum Gasteiger partial charge on any atom is 0.303 e. The van der Waals surface area contributed by atoms with E-state index < -0.39 is 5.97 Å². The summed E-state index contributed by atoms with van der Waals surface area (Å²) in [7, 11) is 0. The molecule has 86 valence electrons. The first-order chi connectivity index (χ1) is 7.20. The van der Waals surface area contributed by atoms with E-state index in [0.29, 0.717) is 6.42 Å². The van der Waals surface area contributed by atoms with Crippen LogP contribution in [-0.4, -0.2) is 17.1 Å². The highest BCUT2D eigenvalue weighted by molar-refractivity contribution is 5.67. The second-order valence-corrected chi connectivity index (χ2v) is 3.66. The van der Waals surface area contributed by atoms with Crippen LogP contribution in [0.2, 0.25) is 0 Å². The Morgan fingerprint density at radius 1 is 1.40 bits per heavy atom. The summed E-state index contributed by atoms with van der Waals surface area (Å²) in [6, 6.07) is -0.380. The highest BCUT2D eigenvalue weighted by Crippen LogP contribution is 2.12. The molecule has 0 aromatic rings. The third-order valence-electron chi connectivity index (χ3n) is 2.27. The van der Waals surface area contributed by atoms with Crippen molar-refractivity contribution >= 4 is 5.97 Å². The minimum absolute atomic E-state index is 0.0577. The van der Waals surface area contributed by atoms with Crippen LogP contribution in [0.4, 0.5) is 0 Å². The van der Waals surface area contributed by atoms with Gasteiger partial charge in [-0.2, -0.15) is 0 Å². The predicted molar refractivity (Wildman–Crippen MR) is 58.6 cm³/mol. The van der Waals surface area contributed by atoms with Crippen LogP contribution in [0.1, 0.15) is 51.9 Å². The van der Waals surface area contributed by atoms with Crippen LogP contribution in [0.25, 0.3) is 10.4 Å². The molecule has 15 heavy (non-hydrogen) atoms. The summed E-state index contributed by atoms with van der Waals surface area (Å²) in [5.74, 6) is -0.902. The molecule has 0 aliphatic rings. The number of carbonyl (C=O) groups is 1. The first-order valence-corrected chi connectivity index (χ1v) is 5.46. The molecule has 0 amide bonds. The van der Waals surface area contributed by atoms with Crippen LogP contribution in [0.15, 0.2) is 5.11 Å². The van der Waals surface area contributed by atoms with Crippen molar-refractivity contribution in [3.63, 3.8) is 0 Å². The molecule has 0 fully saturated rings. The lowest BCUT2D eigenvalue weighted by atomic mass is 10.0. The van der Waals surface area contributed by atoms with E-state index in [4.69, 9.17) is 10.6 Å². The molecular weight excluding hydrogens is 194 g/mol. The van der Waals surface area contributed by atoms with Crippen molar-refractivity contribution in [3.8, 4) is 0 Å². The van der Waals surface area contributed by atoms with Crippen LogP contribution >= 0.6 is 0 Å². The van der Waals surface area contributed by atoms with Crippen molar-refractivity contribution in [1.82, 2.24) is 0 Å². The highest BCUT2D eigenvalue weighted by Gasteiger charge is 2.10. The molecule has 0 aromatic heterocycles. The van der Waals surface area contributed by atoms with Crippen molar-refractivity contribution in [2.24, 2.45) is 5.11 Å². The zero-order valence-electron chi connectivity index (χ0n) is 9.22. The number of unbranched alkanes of at least 4 members (excludes halogenated alkanes) is 4. The fraction of sp³-hybridized carbons (Fsp3) is 0.900. The molecule has 0 bridgehead atoms. The van der Waals surface area contributed by atoms with Crippen molar-refractivity contribution in [1.29, 1.82) is 0 Å². The lowest BCUT2D eigenvalue weighted by Gasteiger charge is -2.07. The molecule has 1 unspecified atom stereocenters. The molecule has 0 aliphatic heterocycles. The molecule has 0 aliphatic carbocycles. The van der Waals surface area contributed by atoms with Gasteiger partial charge in [-0.05, 0) is 12.0 Å². The molecule has 0 heterocycles. The van der Waals surface area contributed by atoms with Gasteiger partial charge in [-0.1, -0.05) is 44.1 Å². The van der Waals surface area contributed by atoms with Gasteiger partial charge in [0.05, 0.1) is 6.42 Å². The molecular formula is C10H19N3O2.